The maximum absolute atomic E-state index is 5.13. The molecule has 0 fully saturated rings. The summed E-state index contributed by atoms with van der Waals surface area (Å²) in [4.78, 5) is 15.2. The van der Waals surface area contributed by atoms with Gasteiger partial charge in [-0.25, -0.2) is 15.0 Å². The van der Waals surface area contributed by atoms with E-state index in [1.54, 1.807) is 0 Å². The molecule has 13 aromatic rings. The van der Waals surface area contributed by atoms with E-state index in [4.69, 9.17) is 15.0 Å². The van der Waals surface area contributed by atoms with Crippen molar-refractivity contribution in [3.63, 3.8) is 0 Å². The smallest absolute Gasteiger partial charge is 0.164 e. The molecular weight excluding hydrogens is 755 g/mol. The summed E-state index contributed by atoms with van der Waals surface area (Å²) < 4.78 is 4.90. The first kappa shape index (κ1) is 34.5. The second-order valence-corrected chi connectivity index (χ2v) is 16.0. The maximum atomic E-state index is 5.13. The van der Waals surface area contributed by atoms with Gasteiger partial charge >= 0.3 is 0 Å². The first-order valence-electron chi connectivity index (χ1n) is 21.0. The molecule has 13 rings (SSSR count). The van der Waals surface area contributed by atoms with Crippen LogP contribution in [0.3, 0.4) is 0 Å². The second kappa shape index (κ2) is 13.6. The molecule has 10 aromatic carbocycles. The Bertz CT molecular complexity index is 3860. The van der Waals surface area contributed by atoms with Crippen LogP contribution in [0, 0.1) is 0 Å². The summed E-state index contributed by atoms with van der Waals surface area (Å²) in [6, 6.07) is 75.8. The van der Waals surface area contributed by atoms with Crippen molar-refractivity contribution in [2.45, 2.75) is 0 Å². The molecule has 5 heteroatoms. The SMILES string of the molecule is c1ccc(-c2nc(-c3ccccc3)nc(-c3cccc4c(-n5c6ccccc6c6cc7c(-n8c9ccccc9c9c%10ccccc%10ccc98)cccc7cc65)cccc34)n2)cc1. The summed E-state index contributed by atoms with van der Waals surface area (Å²) in [5.41, 5.74) is 9.82. The lowest BCUT2D eigenvalue weighted by molar-refractivity contribution is 1.08. The third-order valence-corrected chi connectivity index (χ3v) is 12.5. The predicted octanol–water partition coefficient (Wildman–Crippen LogP) is 14.5. The van der Waals surface area contributed by atoms with Gasteiger partial charge in [0, 0.05) is 49.0 Å². The van der Waals surface area contributed by atoms with Gasteiger partial charge < -0.3 is 9.13 Å². The fourth-order valence-electron chi connectivity index (χ4n) is 9.79. The van der Waals surface area contributed by atoms with E-state index in [2.05, 4.69) is 185 Å². The molecule has 62 heavy (non-hydrogen) atoms. The summed E-state index contributed by atoms with van der Waals surface area (Å²) in [6.45, 7) is 0. The van der Waals surface area contributed by atoms with Gasteiger partial charge in [0.05, 0.1) is 33.4 Å². The number of aromatic nitrogens is 5. The highest BCUT2D eigenvalue weighted by molar-refractivity contribution is 6.22. The number of hydrogen-bond donors (Lipinski definition) is 0. The Morgan fingerprint density at radius 1 is 0.274 bits per heavy atom. The summed E-state index contributed by atoms with van der Waals surface area (Å²) >= 11 is 0. The van der Waals surface area contributed by atoms with E-state index < -0.39 is 0 Å². The molecule has 288 valence electrons. The number of hydrogen-bond acceptors (Lipinski definition) is 3. The number of nitrogens with zero attached hydrogens (tertiary/aromatic N) is 5. The zero-order valence-corrected chi connectivity index (χ0v) is 33.4. The lowest BCUT2D eigenvalue weighted by Gasteiger charge is -2.15. The molecule has 0 N–H and O–H groups in total. The van der Waals surface area contributed by atoms with Gasteiger partial charge in [-0.3, -0.25) is 0 Å². The van der Waals surface area contributed by atoms with E-state index in [9.17, 15) is 0 Å². The van der Waals surface area contributed by atoms with E-state index in [-0.39, 0.29) is 0 Å². The lowest BCUT2D eigenvalue weighted by atomic mass is 10.0. The fraction of sp³-hybridized carbons (Fsp3) is 0. The molecule has 0 atom stereocenters. The van der Waals surface area contributed by atoms with Gasteiger partial charge in [-0.05, 0) is 64.0 Å². The van der Waals surface area contributed by atoms with E-state index in [0.717, 1.165) is 44.2 Å². The monoisotopic (exact) mass is 789 g/mol. The maximum Gasteiger partial charge on any atom is 0.164 e. The van der Waals surface area contributed by atoms with Crippen molar-refractivity contribution in [1.82, 2.24) is 24.1 Å². The largest absolute Gasteiger partial charge is 0.309 e. The molecule has 3 heterocycles. The molecule has 0 bridgehead atoms. The van der Waals surface area contributed by atoms with Crippen molar-refractivity contribution in [1.29, 1.82) is 0 Å². The molecule has 0 unspecified atom stereocenters. The minimum absolute atomic E-state index is 0.638. The quantitative estimate of drug-likeness (QED) is 0.174. The second-order valence-electron chi connectivity index (χ2n) is 16.0. The Balaban J connectivity index is 1.04. The minimum Gasteiger partial charge on any atom is -0.309 e. The van der Waals surface area contributed by atoms with Crippen molar-refractivity contribution in [3.8, 4) is 45.5 Å². The van der Waals surface area contributed by atoms with Gasteiger partial charge in [-0.15, -0.1) is 0 Å². The molecule has 0 saturated carbocycles. The van der Waals surface area contributed by atoms with Crippen LogP contribution in [0.2, 0.25) is 0 Å². The Morgan fingerprint density at radius 2 is 0.806 bits per heavy atom. The Labute approximate surface area is 356 Å². The third-order valence-electron chi connectivity index (χ3n) is 12.5. The summed E-state index contributed by atoms with van der Waals surface area (Å²) in [5.74, 6) is 1.93. The molecular formula is C57H35N5. The first-order chi connectivity index (χ1) is 30.8. The van der Waals surface area contributed by atoms with Crippen LogP contribution in [0.5, 0.6) is 0 Å². The zero-order chi connectivity index (χ0) is 40.7. The van der Waals surface area contributed by atoms with Gasteiger partial charge in [0.15, 0.2) is 17.5 Å². The first-order valence-corrected chi connectivity index (χ1v) is 21.0. The Hall–Kier alpha value is -8.41. The van der Waals surface area contributed by atoms with Gasteiger partial charge in [0.1, 0.15) is 0 Å². The van der Waals surface area contributed by atoms with Gasteiger partial charge in [0.25, 0.3) is 0 Å². The summed E-state index contributed by atoms with van der Waals surface area (Å²) in [7, 11) is 0. The van der Waals surface area contributed by atoms with Crippen LogP contribution >= 0.6 is 0 Å². The van der Waals surface area contributed by atoms with Crippen LogP contribution < -0.4 is 0 Å². The molecule has 0 aliphatic rings. The zero-order valence-electron chi connectivity index (χ0n) is 33.4. The highest BCUT2D eigenvalue weighted by Crippen LogP contribution is 2.42. The van der Waals surface area contributed by atoms with Crippen LogP contribution in [0.25, 0.3) is 121 Å². The molecule has 0 saturated heterocycles. The van der Waals surface area contributed by atoms with Crippen molar-refractivity contribution < 1.29 is 0 Å². The standard InChI is InChI=1S/C57H35N5/c1-3-17-37(18-4-1)55-58-56(38-19-5-2-6-20-38)60-57(59-55)44-27-14-26-42-41(44)25-15-31-49(42)62-48-28-11-9-23-43(48)47-35-46-39(34-53(47)62)21-13-30-51(46)61-50-29-12-10-24-45(50)54-40-22-8-7-16-36(40)32-33-52(54)61/h1-35H. The Kier molecular flexibility index (Phi) is 7.54. The van der Waals surface area contributed by atoms with Crippen molar-refractivity contribution in [3.05, 3.63) is 212 Å². The van der Waals surface area contributed by atoms with Gasteiger partial charge in [-0.2, -0.15) is 0 Å². The highest BCUT2D eigenvalue weighted by atomic mass is 15.0. The number of benzene rings is 10. The number of para-hydroxylation sites is 2. The van der Waals surface area contributed by atoms with Gasteiger partial charge in [0.2, 0.25) is 0 Å². The highest BCUT2D eigenvalue weighted by Gasteiger charge is 2.21. The van der Waals surface area contributed by atoms with Crippen LogP contribution in [0.15, 0.2) is 212 Å². The van der Waals surface area contributed by atoms with E-state index in [0.29, 0.717) is 17.5 Å². The normalized spacial score (nSPS) is 11.9. The van der Waals surface area contributed by atoms with E-state index >= 15 is 0 Å². The van der Waals surface area contributed by atoms with Crippen LogP contribution in [-0.4, -0.2) is 24.1 Å². The van der Waals surface area contributed by atoms with Crippen molar-refractivity contribution in [2.75, 3.05) is 0 Å². The lowest BCUT2D eigenvalue weighted by Crippen LogP contribution is -2.01. The fourth-order valence-corrected chi connectivity index (χ4v) is 9.79. The van der Waals surface area contributed by atoms with Crippen molar-refractivity contribution in [2.24, 2.45) is 0 Å². The average molecular weight is 790 g/mol. The van der Waals surface area contributed by atoms with E-state index in [1.807, 2.05) is 36.4 Å². The van der Waals surface area contributed by atoms with Crippen molar-refractivity contribution >= 4 is 75.9 Å². The topological polar surface area (TPSA) is 48.5 Å². The minimum atomic E-state index is 0.638. The molecule has 3 aromatic heterocycles. The van der Waals surface area contributed by atoms with Crippen LogP contribution in [0.1, 0.15) is 0 Å². The predicted molar refractivity (Wildman–Crippen MR) is 257 cm³/mol. The third kappa shape index (κ3) is 5.18. The molecule has 0 radical (unpaired) electrons. The average Bonchev–Trinajstić information content (AvgIpc) is 3.85. The molecule has 0 spiro atoms. The summed E-state index contributed by atoms with van der Waals surface area (Å²) in [6.07, 6.45) is 0. The molecule has 0 amide bonds. The molecule has 0 aliphatic carbocycles. The van der Waals surface area contributed by atoms with Crippen LogP contribution in [-0.2, 0) is 0 Å². The molecule has 0 aliphatic heterocycles. The molecule has 5 nitrogen and oxygen atoms in total. The Morgan fingerprint density at radius 3 is 1.56 bits per heavy atom. The number of fused-ring (bicyclic) bond motifs is 10. The summed E-state index contributed by atoms with van der Waals surface area (Å²) in [5, 5.41) is 12.0. The van der Waals surface area contributed by atoms with Crippen LogP contribution in [0.4, 0.5) is 0 Å². The van der Waals surface area contributed by atoms with Gasteiger partial charge in [-0.1, -0.05) is 170 Å². The van der Waals surface area contributed by atoms with E-state index in [1.165, 1.54) is 59.8 Å². The number of rotatable bonds is 5.